The van der Waals surface area contributed by atoms with E-state index < -0.39 is 6.17 Å². The second-order valence-electron chi connectivity index (χ2n) is 3.76. The highest BCUT2D eigenvalue weighted by Crippen LogP contribution is 2.21. The van der Waals surface area contributed by atoms with E-state index in [1.54, 1.807) is 18.5 Å². The lowest BCUT2D eigenvalue weighted by molar-refractivity contribution is 0.150. The number of aromatic nitrogens is 2. The number of hydrogen-bond acceptors (Lipinski definition) is 4. The zero-order valence-corrected chi connectivity index (χ0v) is 8.38. The Morgan fingerprint density at radius 2 is 2.20 bits per heavy atom. The first-order chi connectivity index (χ1) is 7.29. The molecule has 1 aromatic heterocycles. The van der Waals surface area contributed by atoms with Crippen molar-refractivity contribution in [3.63, 3.8) is 0 Å². The summed E-state index contributed by atoms with van der Waals surface area (Å²) in [7, 11) is 0. The predicted molar refractivity (Wildman–Crippen MR) is 52.8 cm³/mol. The molecule has 0 aliphatic carbocycles. The van der Waals surface area contributed by atoms with Crippen molar-refractivity contribution in [2.24, 2.45) is 0 Å². The molecule has 1 aromatic rings. The second kappa shape index (κ2) is 4.63. The molecule has 0 radical (unpaired) electrons. The number of aliphatic hydroxyl groups is 1. The summed E-state index contributed by atoms with van der Waals surface area (Å²) < 4.78 is 13.1. The van der Waals surface area contributed by atoms with Crippen LogP contribution < -0.4 is 0 Å². The molecule has 0 aromatic carbocycles. The van der Waals surface area contributed by atoms with E-state index in [4.69, 9.17) is 5.11 Å². The summed E-state index contributed by atoms with van der Waals surface area (Å²) in [4.78, 5) is 10.0. The van der Waals surface area contributed by atoms with Gasteiger partial charge >= 0.3 is 0 Å². The zero-order valence-electron chi connectivity index (χ0n) is 8.38. The van der Waals surface area contributed by atoms with Crippen LogP contribution >= 0.6 is 0 Å². The molecule has 1 aliphatic rings. The van der Waals surface area contributed by atoms with Crippen LogP contribution in [0.5, 0.6) is 0 Å². The SMILES string of the molecule is OC[C@@H]1C[C@H](F)CN1Cc1ncccn1. The van der Waals surface area contributed by atoms with Crippen LogP contribution in [0.2, 0.25) is 0 Å². The highest BCUT2D eigenvalue weighted by molar-refractivity contribution is 4.92. The van der Waals surface area contributed by atoms with Gasteiger partial charge in [-0.2, -0.15) is 0 Å². The molecule has 0 saturated carbocycles. The highest BCUT2D eigenvalue weighted by Gasteiger charge is 2.31. The molecule has 1 fully saturated rings. The number of nitrogens with zero attached hydrogens (tertiary/aromatic N) is 3. The standard InChI is InChI=1S/C10H14FN3O/c11-8-4-9(7-15)14(5-8)6-10-12-2-1-3-13-10/h1-3,8-9,15H,4-7H2/t8-,9-/m0/s1. The molecule has 4 nitrogen and oxygen atoms in total. The fraction of sp³-hybridized carbons (Fsp3) is 0.600. The summed E-state index contributed by atoms with van der Waals surface area (Å²) in [6, 6.07) is 1.65. The Morgan fingerprint density at radius 1 is 1.47 bits per heavy atom. The third-order valence-corrected chi connectivity index (χ3v) is 2.65. The van der Waals surface area contributed by atoms with Gasteiger partial charge in [0.05, 0.1) is 13.2 Å². The van der Waals surface area contributed by atoms with E-state index in [1.165, 1.54) is 0 Å². The topological polar surface area (TPSA) is 49.2 Å². The van der Waals surface area contributed by atoms with Crippen LogP contribution in [-0.4, -0.2) is 45.3 Å². The molecule has 0 unspecified atom stereocenters. The molecule has 15 heavy (non-hydrogen) atoms. The quantitative estimate of drug-likeness (QED) is 0.785. The van der Waals surface area contributed by atoms with Gasteiger partial charge in [0.15, 0.2) is 0 Å². The van der Waals surface area contributed by atoms with Crippen LogP contribution in [0.25, 0.3) is 0 Å². The van der Waals surface area contributed by atoms with E-state index in [0.29, 0.717) is 25.3 Å². The van der Waals surface area contributed by atoms with E-state index in [9.17, 15) is 4.39 Å². The molecule has 2 atom stereocenters. The lowest BCUT2D eigenvalue weighted by Gasteiger charge is -2.20. The fourth-order valence-electron chi connectivity index (χ4n) is 1.90. The third-order valence-electron chi connectivity index (χ3n) is 2.65. The first-order valence-corrected chi connectivity index (χ1v) is 5.04. The molecular weight excluding hydrogens is 197 g/mol. The minimum atomic E-state index is -0.842. The molecule has 0 amide bonds. The Bertz CT molecular complexity index is 309. The summed E-state index contributed by atoms with van der Waals surface area (Å²) in [5, 5.41) is 9.08. The largest absolute Gasteiger partial charge is 0.395 e. The van der Waals surface area contributed by atoms with Crippen LogP contribution in [0, 0.1) is 0 Å². The van der Waals surface area contributed by atoms with Gasteiger partial charge in [-0.05, 0) is 12.5 Å². The number of halogens is 1. The lowest BCUT2D eigenvalue weighted by atomic mass is 10.2. The van der Waals surface area contributed by atoms with E-state index in [-0.39, 0.29) is 12.6 Å². The van der Waals surface area contributed by atoms with Gasteiger partial charge in [-0.25, -0.2) is 14.4 Å². The average Bonchev–Trinajstić information content (AvgIpc) is 2.60. The molecule has 1 aliphatic heterocycles. The average molecular weight is 211 g/mol. The van der Waals surface area contributed by atoms with Crippen LogP contribution in [0.3, 0.4) is 0 Å². The number of rotatable bonds is 3. The molecule has 1 saturated heterocycles. The highest BCUT2D eigenvalue weighted by atomic mass is 19.1. The Kier molecular flexibility index (Phi) is 3.23. The number of likely N-dealkylation sites (tertiary alicyclic amines) is 1. The molecule has 82 valence electrons. The summed E-state index contributed by atoms with van der Waals surface area (Å²) in [6.45, 7) is 0.864. The Hall–Kier alpha value is -1.07. The Labute approximate surface area is 87.8 Å². The maximum atomic E-state index is 13.1. The number of hydrogen-bond donors (Lipinski definition) is 1. The van der Waals surface area contributed by atoms with Gasteiger partial charge in [0.25, 0.3) is 0 Å². The Balaban J connectivity index is 2.00. The summed E-state index contributed by atoms with van der Waals surface area (Å²) in [5.41, 5.74) is 0. The minimum absolute atomic E-state index is 0.00669. The van der Waals surface area contributed by atoms with Gasteiger partial charge in [0.2, 0.25) is 0 Å². The van der Waals surface area contributed by atoms with Gasteiger partial charge in [-0.3, -0.25) is 4.90 Å². The second-order valence-corrected chi connectivity index (χ2v) is 3.76. The summed E-state index contributed by atoms with van der Waals surface area (Å²) >= 11 is 0. The Morgan fingerprint density at radius 3 is 2.87 bits per heavy atom. The molecule has 5 heteroatoms. The zero-order chi connectivity index (χ0) is 10.7. The molecule has 1 N–H and O–H groups in total. The van der Waals surface area contributed by atoms with Crippen molar-refractivity contribution in [3.8, 4) is 0 Å². The van der Waals surface area contributed by atoms with Crippen LogP contribution in [0.15, 0.2) is 18.5 Å². The maximum absolute atomic E-state index is 13.1. The lowest BCUT2D eigenvalue weighted by Crippen LogP contribution is -2.32. The maximum Gasteiger partial charge on any atom is 0.142 e. The summed E-state index contributed by atoms with van der Waals surface area (Å²) in [5.74, 6) is 0.671. The molecule has 0 spiro atoms. The summed E-state index contributed by atoms with van der Waals surface area (Å²) in [6.07, 6.45) is 2.90. The molecule has 2 heterocycles. The van der Waals surface area contributed by atoms with Crippen LogP contribution in [-0.2, 0) is 6.54 Å². The number of aliphatic hydroxyl groups excluding tert-OH is 1. The van der Waals surface area contributed by atoms with Crippen LogP contribution in [0.1, 0.15) is 12.2 Å². The van der Waals surface area contributed by atoms with Gasteiger partial charge in [0, 0.05) is 25.0 Å². The van der Waals surface area contributed by atoms with Crippen molar-refractivity contribution in [1.82, 2.24) is 14.9 Å². The predicted octanol–water partition coefficient (Wildman–Crippen LogP) is 0.381. The van der Waals surface area contributed by atoms with Gasteiger partial charge < -0.3 is 5.11 Å². The fourth-order valence-corrected chi connectivity index (χ4v) is 1.90. The van der Waals surface area contributed by atoms with Crippen molar-refractivity contribution in [3.05, 3.63) is 24.3 Å². The minimum Gasteiger partial charge on any atom is -0.395 e. The van der Waals surface area contributed by atoms with Crippen molar-refractivity contribution in [2.45, 2.75) is 25.2 Å². The van der Waals surface area contributed by atoms with Gasteiger partial charge in [0.1, 0.15) is 12.0 Å². The third kappa shape index (κ3) is 2.49. The monoisotopic (exact) mass is 211 g/mol. The van der Waals surface area contributed by atoms with E-state index >= 15 is 0 Å². The first kappa shape index (κ1) is 10.4. The van der Waals surface area contributed by atoms with E-state index in [1.807, 2.05) is 4.90 Å². The first-order valence-electron chi connectivity index (χ1n) is 5.04. The molecule has 0 bridgehead atoms. The molecular formula is C10H14FN3O. The van der Waals surface area contributed by atoms with E-state index in [2.05, 4.69) is 9.97 Å². The molecule has 2 rings (SSSR count). The van der Waals surface area contributed by atoms with Crippen molar-refractivity contribution < 1.29 is 9.50 Å². The van der Waals surface area contributed by atoms with Gasteiger partial charge in [-0.15, -0.1) is 0 Å². The normalized spacial score (nSPS) is 27.1. The smallest absolute Gasteiger partial charge is 0.142 e. The van der Waals surface area contributed by atoms with Crippen molar-refractivity contribution in [2.75, 3.05) is 13.2 Å². The van der Waals surface area contributed by atoms with Gasteiger partial charge in [-0.1, -0.05) is 0 Å². The van der Waals surface area contributed by atoms with Crippen molar-refractivity contribution in [1.29, 1.82) is 0 Å². The van der Waals surface area contributed by atoms with Crippen molar-refractivity contribution >= 4 is 0 Å². The van der Waals surface area contributed by atoms with E-state index in [0.717, 1.165) is 0 Å². The number of alkyl halides is 1. The van der Waals surface area contributed by atoms with Crippen LogP contribution in [0.4, 0.5) is 4.39 Å².